The van der Waals surface area contributed by atoms with Crippen molar-refractivity contribution in [3.05, 3.63) is 34.3 Å². The van der Waals surface area contributed by atoms with Gasteiger partial charge in [-0.3, -0.25) is 0 Å². The van der Waals surface area contributed by atoms with Crippen molar-refractivity contribution in [1.82, 2.24) is 5.32 Å². The highest BCUT2D eigenvalue weighted by Gasteiger charge is 2.14. The molecule has 1 atom stereocenters. The van der Waals surface area contributed by atoms with E-state index >= 15 is 0 Å². The molecule has 0 amide bonds. The molecule has 0 saturated carbocycles. The zero-order valence-corrected chi connectivity index (χ0v) is 12.0. The van der Waals surface area contributed by atoms with Crippen LogP contribution in [0, 0.1) is 5.92 Å². The average Bonchev–Trinajstić information content (AvgIpc) is 2.24. The van der Waals surface area contributed by atoms with E-state index in [0.29, 0.717) is 12.0 Å². The summed E-state index contributed by atoms with van der Waals surface area (Å²) in [4.78, 5) is 0. The first-order valence-electron chi connectivity index (χ1n) is 6.13. The van der Waals surface area contributed by atoms with Gasteiger partial charge >= 0.3 is 0 Å². The van der Waals surface area contributed by atoms with Crippen LogP contribution in [0.25, 0.3) is 0 Å². The molecule has 2 heteroatoms. The maximum absolute atomic E-state index is 3.64. The van der Waals surface area contributed by atoms with Gasteiger partial charge in [-0.15, -0.1) is 0 Å². The van der Waals surface area contributed by atoms with Gasteiger partial charge in [-0.25, -0.2) is 0 Å². The Balaban J connectivity index is 2.78. The summed E-state index contributed by atoms with van der Waals surface area (Å²) in [7, 11) is 0. The fourth-order valence-electron chi connectivity index (χ4n) is 1.87. The Morgan fingerprint density at radius 3 is 2.50 bits per heavy atom. The van der Waals surface area contributed by atoms with Gasteiger partial charge in [0.05, 0.1) is 0 Å². The number of rotatable bonds is 6. The van der Waals surface area contributed by atoms with E-state index in [-0.39, 0.29) is 0 Å². The lowest BCUT2D eigenvalue weighted by Crippen LogP contribution is -2.23. The van der Waals surface area contributed by atoms with Crippen LogP contribution < -0.4 is 5.32 Å². The number of halogens is 1. The molecule has 90 valence electrons. The average molecular weight is 284 g/mol. The van der Waals surface area contributed by atoms with Crippen LogP contribution >= 0.6 is 15.9 Å². The van der Waals surface area contributed by atoms with Crippen LogP contribution in [0.2, 0.25) is 0 Å². The number of nitrogens with one attached hydrogen (secondary N) is 1. The molecule has 0 aromatic heterocycles. The second-order valence-electron chi connectivity index (χ2n) is 4.66. The van der Waals surface area contributed by atoms with Crippen LogP contribution in [0.4, 0.5) is 0 Å². The Labute approximate surface area is 108 Å². The van der Waals surface area contributed by atoms with Crippen LogP contribution in [0.5, 0.6) is 0 Å². The Kier molecular flexibility index (Phi) is 6.07. The maximum Gasteiger partial charge on any atom is 0.0333 e. The van der Waals surface area contributed by atoms with Gasteiger partial charge in [0, 0.05) is 10.5 Å². The van der Waals surface area contributed by atoms with E-state index in [1.807, 2.05) is 0 Å². The Morgan fingerprint density at radius 1 is 1.25 bits per heavy atom. The number of hydrogen-bond acceptors (Lipinski definition) is 1. The first kappa shape index (κ1) is 13.7. The first-order chi connectivity index (χ1) is 7.65. The standard InChI is InChI=1S/C14H22BrN/c1-4-9-16-14(10-11(2)3)12-7-5-6-8-13(12)15/h5-8,11,14,16H,4,9-10H2,1-3H3. The van der Waals surface area contributed by atoms with Crippen molar-refractivity contribution >= 4 is 15.9 Å². The minimum absolute atomic E-state index is 0.468. The number of benzene rings is 1. The molecule has 1 aromatic rings. The molecule has 0 radical (unpaired) electrons. The van der Waals surface area contributed by atoms with Crippen molar-refractivity contribution < 1.29 is 0 Å². The molecule has 1 nitrogen and oxygen atoms in total. The van der Waals surface area contributed by atoms with Gasteiger partial charge in [0.1, 0.15) is 0 Å². The summed E-state index contributed by atoms with van der Waals surface area (Å²) >= 11 is 3.64. The van der Waals surface area contributed by atoms with E-state index in [9.17, 15) is 0 Å². The van der Waals surface area contributed by atoms with Crippen LogP contribution in [-0.2, 0) is 0 Å². The molecular weight excluding hydrogens is 262 g/mol. The van der Waals surface area contributed by atoms with Crippen molar-refractivity contribution in [3.63, 3.8) is 0 Å². The predicted molar refractivity (Wildman–Crippen MR) is 74.6 cm³/mol. The lowest BCUT2D eigenvalue weighted by molar-refractivity contribution is 0.429. The Morgan fingerprint density at radius 2 is 1.94 bits per heavy atom. The Hall–Kier alpha value is -0.340. The van der Waals surface area contributed by atoms with Gasteiger partial charge in [0.15, 0.2) is 0 Å². The maximum atomic E-state index is 3.64. The quantitative estimate of drug-likeness (QED) is 0.809. The molecule has 0 spiro atoms. The second-order valence-corrected chi connectivity index (χ2v) is 5.51. The van der Waals surface area contributed by atoms with E-state index in [4.69, 9.17) is 0 Å². The SMILES string of the molecule is CCCNC(CC(C)C)c1ccccc1Br. The minimum Gasteiger partial charge on any atom is -0.310 e. The van der Waals surface area contributed by atoms with E-state index in [1.54, 1.807) is 0 Å². The largest absolute Gasteiger partial charge is 0.310 e. The van der Waals surface area contributed by atoms with Crippen LogP contribution in [0.15, 0.2) is 28.7 Å². The van der Waals surface area contributed by atoms with Gasteiger partial charge in [-0.05, 0) is 36.9 Å². The summed E-state index contributed by atoms with van der Waals surface area (Å²) in [5.74, 6) is 0.710. The summed E-state index contributed by atoms with van der Waals surface area (Å²) in [6.45, 7) is 7.84. The molecule has 0 aliphatic carbocycles. The molecule has 16 heavy (non-hydrogen) atoms. The molecule has 1 N–H and O–H groups in total. The zero-order valence-electron chi connectivity index (χ0n) is 10.5. The highest BCUT2D eigenvalue weighted by atomic mass is 79.9. The van der Waals surface area contributed by atoms with Crippen molar-refractivity contribution in [2.75, 3.05) is 6.54 Å². The first-order valence-corrected chi connectivity index (χ1v) is 6.92. The normalized spacial score (nSPS) is 13.1. The van der Waals surface area contributed by atoms with E-state index < -0.39 is 0 Å². The molecule has 0 heterocycles. The molecule has 0 saturated heterocycles. The second kappa shape index (κ2) is 7.08. The summed E-state index contributed by atoms with van der Waals surface area (Å²) in [5, 5.41) is 3.63. The van der Waals surface area contributed by atoms with Crippen molar-refractivity contribution in [1.29, 1.82) is 0 Å². The van der Waals surface area contributed by atoms with Gasteiger partial charge in [0.2, 0.25) is 0 Å². The minimum atomic E-state index is 0.468. The van der Waals surface area contributed by atoms with Crippen LogP contribution in [0.1, 0.15) is 45.2 Å². The van der Waals surface area contributed by atoms with Gasteiger partial charge in [-0.1, -0.05) is 54.9 Å². The van der Waals surface area contributed by atoms with Crippen molar-refractivity contribution in [2.24, 2.45) is 5.92 Å². The molecule has 1 aromatic carbocycles. The summed E-state index contributed by atoms with van der Waals surface area (Å²) in [6, 6.07) is 8.98. The summed E-state index contributed by atoms with van der Waals surface area (Å²) in [6.07, 6.45) is 2.36. The van der Waals surface area contributed by atoms with Gasteiger partial charge in [-0.2, -0.15) is 0 Å². The third kappa shape index (κ3) is 4.26. The predicted octanol–water partition coefficient (Wildman–Crippen LogP) is 4.54. The third-order valence-corrected chi connectivity index (χ3v) is 3.35. The van der Waals surface area contributed by atoms with E-state index in [2.05, 4.69) is 66.3 Å². The summed E-state index contributed by atoms with van der Waals surface area (Å²) in [5.41, 5.74) is 1.38. The fourth-order valence-corrected chi connectivity index (χ4v) is 2.43. The fraction of sp³-hybridized carbons (Fsp3) is 0.571. The number of hydrogen-bond donors (Lipinski definition) is 1. The monoisotopic (exact) mass is 283 g/mol. The molecule has 1 unspecified atom stereocenters. The lowest BCUT2D eigenvalue weighted by Gasteiger charge is -2.22. The van der Waals surface area contributed by atoms with Crippen LogP contribution in [0.3, 0.4) is 0 Å². The molecule has 0 bridgehead atoms. The highest BCUT2D eigenvalue weighted by Crippen LogP contribution is 2.27. The highest BCUT2D eigenvalue weighted by molar-refractivity contribution is 9.10. The van der Waals surface area contributed by atoms with Crippen molar-refractivity contribution in [2.45, 2.75) is 39.7 Å². The van der Waals surface area contributed by atoms with Crippen molar-refractivity contribution in [3.8, 4) is 0 Å². The zero-order chi connectivity index (χ0) is 12.0. The molecule has 0 aliphatic heterocycles. The summed E-state index contributed by atoms with van der Waals surface area (Å²) < 4.78 is 1.21. The third-order valence-electron chi connectivity index (χ3n) is 2.63. The Bertz CT molecular complexity index is 309. The lowest BCUT2D eigenvalue weighted by atomic mass is 9.97. The molecule has 0 fully saturated rings. The smallest absolute Gasteiger partial charge is 0.0333 e. The topological polar surface area (TPSA) is 12.0 Å². The van der Waals surface area contributed by atoms with Gasteiger partial charge < -0.3 is 5.32 Å². The molecule has 1 rings (SSSR count). The molecule has 0 aliphatic rings. The van der Waals surface area contributed by atoms with E-state index in [1.165, 1.54) is 22.9 Å². The van der Waals surface area contributed by atoms with Gasteiger partial charge in [0.25, 0.3) is 0 Å². The molecular formula is C14H22BrN. The van der Waals surface area contributed by atoms with E-state index in [0.717, 1.165) is 6.54 Å². The van der Waals surface area contributed by atoms with Crippen LogP contribution in [-0.4, -0.2) is 6.54 Å².